The summed E-state index contributed by atoms with van der Waals surface area (Å²) in [5.41, 5.74) is 6.54. The summed E-state index contributed by atoms with van der Waals surface area (Å²) in [4.78, 5) is 13.8. The van der Waals surface area contributed by atoms with Gasteiger partial charge in [-0.1, -0.05) is 30.3 Å². The third kappa shape index (κ3) is 7.11. The van der Waals surface area contributed by atoms with Crippen molar-refractivity contribution in [3.05, 3.63) is 35.9 Å². The molecule has 1 rings (SSSR count). The van der Waals surface area contributed by atoms with Crippen molar-refractivity contribution in [1.82, 2.24) is 10.2 Å². The molecule has 1 unspecified atom stereocenters. The van der Waals surface area contributed by atoms with Crippen LogP contribution >= 0.6 is 0 Å². The van der Waals surface area contributed by atoms with Crippen LogP contribution in [-0.4, -0.2) is 42.8 Å². The van der Waals surface area contributed by atoms with Crippen LogP contribution in [0.5, 0.6) is 0 Å². The molecular weight excluding hydrogens is 266 g/mol. The molecule has 0 fully saturated rings. The number of amides is 1. The smallest absolute Gasteiger partial charge is 0.407 e. The second-order valence-electron chi connectivity index (χ2n) is 6.17. The van der Waals surface area contributed by atoms with E-state index >= 15 is 0 Å². The standard InChI is InChI=1S/C16H27N3O2/c1-16(2,3)21-15(20)18-11-14(10-17)19(4)12-13-8-6-5-7-9-13/h5-9,14H,10-12,17H2,1-4H3,(H,18,20). The molecule has 0 saturated carbocycles. The van der Waals surface area contributed by atoms with Gasteiger partial charge in [0.15, 0.2) is 0 Å². The van der Waals surface area contributed by atoms with Gasteiger partial charge in [0.05, 0.1) is 0 Å². The Balaban J connectivity index is 2.45. The maximum absolute atomic E-state index is 11.7. The molecule has 3 N–H and O–H groups in total. The van der Waals surface area contributed by atoms with Crippen LogP contribution in [0.4, 0.5) is 4.79 Å². The zero-order chi connectivity index (χ0) is 15.9. The van der Waals surface area contributed by atoms with Crippen LogP contribution in [-0.2, 0) is 11.3 Å². The van der Waals surface area contributed by atoms with E-state index in [2.05, 4.69) is 22.3 Å². The number of nitrogens with one attached hydrogen (secondary N) is 1. The monoisotopic (exact) mass is 293 g/mol. The molecule has 0 aliphatic carbocycles. The van der Waals surface area contributed by atoms with Crippen molar-refractivity contribution in [3.63, 3.8) is 0 Å². The second kappa shape index (κ2) is 8.00. The van der Waals surface area contributed by atoms with Crippen LogP contribution in [0.15, 0.2) is 30.3 Å². The minimum Gasteiger partial charge on any atom is -0.444 e. The van der Waals surface area contributed by atoms with Crippen molar-refractivity contribution >= 4 is 6.09 Å². The van der Waals surface area contributed by atoms with Gasteiger partial charge < -0.3 is 15.8 Å². The highest BCUT2D eigenvalue weighted by Crippen LogP contribution is 2.07. The van der Waals surface area contributed by atoms with Crippen LogP contribution in [0.2, 0.25) is 0 Å². The van der Waals surface area contributed by atoms with Crippen LogP contribution in [0.1, 0.15) is 26.3 Å². The summed E-state index contributed by atoms with van der Waals surface area (Å²) in [5, 5.41) is 2.77. The largest absolute Gasteiger partial charge is 0.444 e. The molecule has 1 atom stereocenters. The predicted molar refractivity (Wildman–Crippen MR) is 85.0 cm³/mol. The molecule has 0 aliphatic heterocycles. The first-order valence-electron chi connectivity index (χ1n) is 7.23. The fourth-order valence-corrected chi connectivity index (χ4v) is 1.93. The lowest BCUT2D eigenvalue weighted by Gasteiger charge is -2.28. The summed E-state index contributed by atoms with van der Waals surface area (Å²) in [6.45, 7) is 7.25. The van der Waals surface area contributed by atoms with Crippen molar-refractivity contribution in [1.29, 1.82) is 0 Å². The summed E-state index contributed by atoms with van der Waals surface area (Å²) in [6, 6.07) is 10.2. The van der Waals surface area contributed by atoms with E-state index in [1.54, 1.807) is 0 Å². The molecule has 1 aromatic carbocycles. The van der Waals surface area contributed by atoms with Gasteiger partial charge in [0.1, 0.15) is 5.60 Å². The van der Waals surface area contributed by atoms with E-state index in [-0.39, 0.29) is 6.04 Å². The molecule has 5 heteroatoms. The highest BCUT2D eigenvalue weighted by atomic mass is 16.6. The Bertz CT molecular complexity index is 429. The van der Waals surface area contributed by atoms with Gasteiger partial charge in [0, 0.05) is 25.7 Å². The minimum atomic E-state index is -0.488. The lowest BCUT2D eigenvalue weighted by Crippen LogP contribution is -2.47. The van der Waals surface area contributed by atoms with Gasteiger partial charge in [-0.15, -0.1) is 0 Å². The summed E-state index contributed by atoms with van der Waals surface area (Å²) in [7, 11) is 2.00. The lowest BCUT2D eigenvalue weighted by molar-refractivity contribution is 0.0511. The predicted octanol–water partition coefficient (Wildman–Crippen LogP) is 1.97. The lowest BCUT2D eigenvalue weighted by atomic mass is 10.2. The zero-order valence-corrected chi connectivity index (χ0v) is 13.4. The highest BCUT2D eigenvalue weighted by Gasteiger charge is 2.18. The molecule has 118 valence electrons. The second-order valence-corrected chi connectivity index (χ2v) is 6.17. The topological polar surface area (TPSA) is 67.6 Å². The fraction of sp³-hybridized carbons (Fsp3) is 0.562. The third-order valence-corrected chi connectivity index (χ3v) is 3.05. The molecular formula is C16H27N3O2. The van der Waals surface area contributed by atoms with Gasteiger partial charge in [-0.25, -0.2) is 4.79 Å². The van der Waals surface area contributed by atoms with Crippen molar-refractivity contribution < 1.29 is 9.53 Å². The number of hydrogen-bond donors (Lipinski definition) is 2. The first-order valence-corrected chi connectivity index (χ1v) is 7.23. The van der Waals surface area contributed by atoms with Gasteiger partial charge in [0.2, 0.25) is 0 Å². The average molecular weight is 293 g/mol. The SMILES string of the molecule is CN(Cc1ccccc1)C(CN)CNC(=O)OC(C)(C)C. The van der Waals surface area contributed by atoms with E-state index in [1.807, 2.05) is 46.0 Å². The van der Waals surface area contributed by atoms with Crippen LogP contribution in [0.3, 0.4) is 0 Å². The summed E-state index contributed by atoms with van der Waals surface area (Å²) >= 11 is 0. The molecule has 0 bridgehead atoms. The number of nitrogens with two attached hydrogens (primary N) is 1. The Morgan fingerprint density at radius 2 is 1.95 bits per heavy atom. The number of carbonyl (C=O) groups is 1. The van der Waals surface area contributed by atoms with E-state index < -0.39 is 11.7 Å². The Hall–Kier alpha value is -1.59. The van der Waals surface area contributed by atoms with E-state index in [1.165, 1.54) is 5.56 Å². The van der Waals surface area contributed by atoms with Crippen molar-refractivity contribution in [2.45, 2.75) is 39.0 Å². The summed E-state index contributed by atoms with van der Waals surface area (Å²) in [5.74, 6) is 0. The number of likely N-dealkylation sites (N-methyl/N-ethyl adjacent to an activating group) is 1. The molecule has 0 saturated heterocycles. The molecule has 1 amide bonds. The van der Waals surface area contributed by atoms with Crippen molar-refractivity contribution in [2.24, 2.45) is 5.73 Å². The minimum absolute atomic E-state index is 0.0673. The van der Waals surface area contributed by atoms with Crippen molar-refractivity contribution in [3.8, 4) is 0 Å². The Labute approximate surface area is 127 Å². The van der Waals surface area contributed by atoms with E-state index in [9.17, 15) is 4.79 Å². The molecule has 0 aromatic heterocycles. The first-order chi connectivity index (χ1) is 9.81. The Morgan fingerprint density at radius 3 is 2.48 bits per heavy atom. The normalized spacial score (nSPS) is 13.0. The van der Waals surface area contributed by atoms with Crippen molar-refractivity contribution in [2.75, 3.05) is 20.1 Å². The fourth-order valence-electron chi connectivity index (χ4n) is 1.93. The maximum atomic E-state index is 11.7. The highest BCUT2D eigenvalue weighted by molar-refractivity contribution is 5.67. The number of rotatable bonds is 6. The number of hydrogen-bond acceptors (Lipinski definition) is 4. The molecule has 0 aliphatic rings. The van der Waals surface area contributed by atoms with Gasteiger partial charge in [0.25, 0.3) is 0 Å². The average Bonchev–Trinajstić information content (AvgIpc) is 2.38. The van der Waals surface area contributed by atoms with E-state index in [0.29, 0.717) is 13.1 Å². The van der Waals surface area contributed by atoms with Crippen LogP contribution < -0.4 is 11.1 Å². The summed E-state index contributed by atoms with van der Waals surface area (Å²) < 4.78 is 5.22. The maximum Gasteiger partial charge on any atom is 0.407 e. The molecule has 0 spiro atoms. The molecule has 5 nitrogen and oxygen atoms in total. The Morgan fingerprint density at radius 1 is 1.33 bits per heavy atom. The van der Waals surface area contributed by atoms with Crippen LogP contribution in [0.25, 0.3) is 0 Å². The Kier molecular flexibility index (Phi) is 6.65. The number of alkyl carbamates (subject to hydrolysis) is 1. The molecule has 0 heterocycles. The molecule has 21 heavy (non-hydrogen) atoms. The number of nitrogens with zero attached hydrogens (tertiary/aromatic N) is 1. The summed E-state index contributed by atoms with van der Waals surface area (Å²) in [6.07, 6.45) is -0.408. The molecule has 0 radical (unpaired) electrons. The van der Waals surface area contributed by atoms with E-state index in [4.69, 9.17) is 10.5 Å². The quantitative estimate of drug-likeness (QED) is 0.841. The number of benzene rings is 1. The van der Waals surface area contributed by atoms with Gasteiger partial charge in [-0.2, -0.15) is 0 Å². The van der Waals surface area contributed by atoms with Gasteiger partial charge in [-0.3, -0.25) is 4.90 Å². The molecule has 1 aromatic rings. The number of carbonyl (C=O) groups excluding carboxylic acids is 1. The first kappa shape index (κ1) is 17.5. The van der Waals surface area contributed by atoms with Gasteiger partial charge >= 0.3 is 6.09 Å². The zero-order valence-electron chi connectivity index (χ0n) is 13.4. The third-order valence-electron chi connectivity index (χ3n) is 3.05. The van der Waals surface area contributed by atoms with Crippen LogP contribution in [0, 0.1) is 0 Å². The number of ether oxygens (including phenoxy) is 1. The van der Waals surface area contributed by atoms with E-state index in [0.717, 1.165) is 6.54 Å². The van der Waals surface area contributed by atoms with Gasteiger partial charge in [-0.05, 0) is 33.4 Å².